The van der Waals surface area contributed by atoms with Gasteiger partial charge in [-0.15, -0.1) is 0 Å². The van der Waals surface area contributed by atoms with Crippen molar-refractivity contribution in [2.24, 2.45) is 5.92 Å². The van der Waals surface area contributed by atoms with Crippen LogP contribution in [0.15, 0.2) is 72.8 Å². The molecule has 0 unspecified atom stereocenters. The van der Waals surface area contributed by atoms with Gasteiger partial charge in [0.25, 0.3) is 0 Å². The van der Waals surface area contributed by atoms with Gasteiger partial charge in [0.05, 0.1) is 53.0 Å². The first-order chi connectivity index (χ1) is 22.2. The molecule has 3 aromatic rings. The highest BCUT2D eigenvalue weighted by atomic mass is 28.3. The number of aliphatic hydroxyl groups excluding tert-OH is 1. The Kier molecular flexibility index (Phi) is 9.54. The normalized spacial score (nSPS) is 24.5. The van der Waals surface area contributed by atoms with Crippen molar-refractivity contribution >= 4 is 30.9 Å². The molecule has 9 heteroatoms. The lowest BCUT2D eigenvalue weighted by Gasteiger charge is -2.39. The van der Waals surface area contributed by atoms with E-state index in [1.54, 1.807) is 12.0 Å². The molecule has 46 heavy (non-hydrogen) atoms. The van der Waals surface area contributed by atoms with Crippen LogP contribution in [0.4, 0.5) is 10.5 Å². The number of amides is 2. The number of aliphatic hydroxyl groups is 1. The monoisotopic (exact) mass is 642 g/mol. The lowest BCUT2D eigenvalue weighted by molar-refractivity contribution is -0.138. The van der Waals surface area contributed by atoms with E-state index in [0.29, 0.717) is 32.5 Å². The zero-order valence-electron chi connectivity index (χ0n) is 27.4. The lowest BCUT2D eigenvalue weighted by atomic mass is 9.93. The van der Waals surface area contributed by atoms with Crippen molar-refractivity contribution < 1.29 is 28.9 Å². The molecule has 3 aliphatic rings. The first-order valence-corrected chi connectivity index (χ1v) is 19.6. The van der Waals surface area contributed by atoms with Crippen molar-refractivity contribution in [2.75, 3.05) is 31.8 Å². The second-order valence-electron chi connectivity index (χ2n) is 13.6. The zero-order chi connectivity index (χ0) is 32.4. The van der Waals surface area contributed by atoms with Crippen molar-refractivity contribution in [3.8, 4) is 5.75 Å². The molecule has 3 aliphatic heterocycles. The molecule has 0 aromatic heterocycles. The maximum atomic E-state index is 14.1. The van der Waals surface area contributed by atoms with Crippen molar-refractivity contribution in [1.82, 2.24) is 4.90 Å². The van der Waals surface area contributed by atoms with Gasteiger partial charge < -0.3 is 24.2 Å². The van der Waals surface area contributed by atoms with Gasteiger partial charge >= 0.3 is 6.09 Å². The fourth-order valence-corrected chi connectivity index (χ4v) is 12.1. The Labute approximate surface area is 273 Å². The van der Waals surface area contributed by atoms with Crippen LogP contribution in [0.25, 0.3) is 0 Å². The summed E-state index contributed by atoms with van der Waals surface area (Å²) in [5.41, 5.74) is 4.57. The topological polar surface area (TPSA) is 88.5 Å². The number of nitrogens with zero attached hydrogens (tertiary/aromatic N) is 2. The van der Waals surface area contributed by atoms with E-state index in [0.717, 1.165) is 35.4 Å². The molecular weight excluding hydrogens is 597 g/mol. The Morgan fingerprint density at radius 2 is 1.78 bits per heavy atom. The van der Waals surface area contributed by atoms with Crippen molar-refractivity contribution in [3.05, 3.63) is 89.5 Å². The molecule has 3 heterocycles. The van der Waals surface area contributed by atoms with E-state index in [-0.39, 0.29) is 48.3 Å². The molecule has 0 aliphatic carbocycles. The van der Waals surface area contributed by atoms with E-state index in [1.165, 1.54) is 10.8 Å². The van der Waals surface area contributed by atoms with Gasteiger partial charge in [-0.25, -0.2) is 4.79 Å². The molecule has 244 valence electrons. The average Bonchev–Trinajstić information content (AvgIpc) is 3.65. The van der Waals surface area contributed by atoms with Crippen molar-refractivity contribution in [1.29, 1.82) is 0 Å². The molecule has 2 fully saturated rings. The molecule has 0 saturated carbocycles. The van der Waals surface area contributed by atoms with Gasteiger partial charge in [0, 0.05) is 12.2 Å². The number of fused-ring (bicyclic) bond motifs is 1. The number of carbonyl (C=O) groups excluding carboxylic acids is 2. The Balaban J connectivity index is 1.23. The van der Waals surface area contributed by atoms with Gasteiger partial charge in [-0.1, -0.05) is 73.7 Å². The third-order valence-electron chi connectivity index (χ3n) is 10.5. The van der Waals surface area contributed by atoms with E-state index in [4.69, 9.17) is 14.2 Å². The molecule has 0 radical (unpaired) electrons. The molecule has 3 aromatic carbocycles. The number of anilines is 1. The highest BCUT2D eigenvalue weighted by Gasteiger charge is 2.51. The quantitative estimate of drug-likeness (QED) is 0.302. The molecule has 1 N–H and O–H groups in total. The van der Waals surface area contributed by atoms with Crippen LogP contribution in [-0.4, -0.2) is 75.2 Å². The third-order valence-corrected chi connectivity index (χ3v) is 14.9. The highest BCUT2D eigenvalue weighted by molar-refractivity contribution is 6.91. The summed E-state index contributed by atoms with van der Waals surface area (Å²) < 4.78 is 17.5. The van der Waals surface area contributed by atoms with E-state index in [9.17, 15) is 14.7 Å². The van der Waals surface area contributed by atoms with E-state index >= 15 is 0 Å². The summed E-state index contributed by atoms with van der Waals surface area (Å²) in [4.78, 5) is 29.8. The SMILES string of the molecule is COc1ccc([Si](C)(C)[C@H]2[C@H](C)[C@H](CCc3cccc(N4CCOC4=O)c3)O[C@@H]2CC(=O)N2Cc3ccccc3C[C@H]2CO)cc1. The van der Waals surface area contributed by atoms with Gasteiger partial charge in [-0.05, 0) is 71.7 Å². The van der Waals surface area contributed by atoms with Crippen LogP contribution in [0.3, 0.4) is 0 Å². The second-order valence-corrected chi connectivity index (χ2v) is 18.2. The molecule has 5 atom stereocenters. The van der Waals surface area contributed by atoms with Crippen LogP contribution < -0.4 is 14.8 Å². The minimum atomic E-state index is -2.15. The summed E-state index contributed by atoms with van der Waals surface area (Å²) in [6, 6.07) is 24.5. The Hall–Kier alpha value is -3.66. The number of hydrogen-bond donors (Lipinski definition) is 1. The Bertz CT molecular complexity index is 1540. The summed E-state index contributed by atoms with van der Waals surface area (Å²) >= 11 is 0. The maximum absolute atomic E-state index is 14.1. The molecule has 0 spiro atoms. The zero-order valence-corrected chi connectivity index (χ0v) is 28.4. The van der Waals surface area contributed by atoms with E-state index < -0.39 is 8.07 Å². The lowest BCUT2D eigenvalue weighted by Crippen LogP contribution is -2.52. The number of cyclic esters (lactones) is 1. The fourth-order valence-electron chi connectivity index (χ4n) is 7.99. The van der Waals surface area contributed by atoms with Crippen LogP contribution in [0, 0.1) is 5.92 Å². The number of methoxy groups -OCH3 is 1. The number of ether oxygens (including phenoxy) is 3. The molecule has 6 rings (SSSR count). The molecular formula is C37H46N2O6Si. The summed E-state index contributed by atoms with van der Waals surface area (Å²) in [5.74, 6) is 1.12. The average molecular weight is 643 g/mol. The number of aryl methyl sites for hydroxylation is 1. The van der Waals surface area contributed by atoms with E-state index in [2.05, 4.69) is 56.4 Å². The highest BCUT2D eigenvalue weighted by Crippen LogP contribution is 2.47. The van der Waals surface area contributed by atoms with Crippen LogP contribution in [0.2, 0.25) is 18.6 Å². The van der Waals surface area contributed by atoms with Crippen LogP contribution in [-0.2, 0) is 33.7 Å². The van der Waals surface area contributed by atoms with Crippen LogP contribution in [0.5, 0.6) is 5.75 Å². The maximum Gasteiger partial charge on any atom is 0.414 e. The summed E-state index contributed by atoms with van der Waals surface area (Å²) in [5, 5.41) is 11.6. The van der Waals surface area contributed by atoms with Gasteiger partial charge in [-0.2, -0.15) is 0 Å². The van der Waals surface area contributed by atoms with Crippen molar-refractivity contribution in [3.63, 3.8) is 0 Å². The number of hydrogen-bond acceptors (Lipinski definition) is 6. The minimum Gasteiger partial charge on any atom is -0.497 e. The van der Waals surface area contributed by atoms with Crippen LogP contribution >= 0.6 is 0 Å². The number of carbonyl (C=O) groups is 2. The smallest absolute Gasteiger partial charge is 0.414 e. The minimum absolute atomic E-state index is 0.0102. The Morgan fingerprint density at radius 1 is 1.02 bits per heavy atom. The van der Waals surface area contributed by atoms with Crippen molar-refractivity contribution in [2.45, 2.75) is 76.0 Å². The second kappa shape index (κ2) is 13.6. The number of benzene rings is 3. The molecule has 0 bridgehead atoms. The number of rotatable bonds is 10. The first-order valence-electron chi connectivity index (χ1n) is 16.5. The van der Waals surface area contributed by atoms with Gasteiger partial charge in [0.2, 0.25) is 5.91 Å². The standard InChI is InChI=1S/C37H46N2O6Si/c1-25-33(17-12-26-8-7-11-29(20-26)38-18-19-44-37(38)42)45-34(36(25)46(3,4)32-15-13-31(43-2)14-16-32)22-35(41)39-23-28-10-6-5-9-27(28)21-30(39)24-40/h5-11,13-16,20,25,30,33-34,36,40H,12,17-19,21-24H2,1-4H3/t25-,30+,33+,34-,36+/m1/s1. The summed E-state index contributed by atoms with van der Waals surface area (Å²) in [6.45, 7) is 8.51. The van der Waals surface area contributed by atoms with Gasteiger partial charge in [0.15, 0.2) is 0 Å². The fraction of sp³-hybridized carbons (Fsp3) is 0.459. The largest absolute Gasteiger partial charge is 0.497 e. The predicted octanol–water partition coefficient (Wildman–Crippen LogP) is 5.31. The summed E-state index contributed by atoms with van der Waals surface area (Å²) in [6.07, 6.45) is 2.04. The Morgan fingerprint density at radius 3 is 2.48 bits per heavy atom. The third kappa shape index (κ3) is 6.45. The first kappa shape index (κ1) is 32.3. The van der Waals surface area contributed by atoms with Gasteiger partial charge in [-0.3, -0.25) is 9.69 Å². The molecule has 2 saturated heterocycles. The molecule has 8 nitrogen and oxygen atoms in total. The molecule has 2 amide bonds. The van der Waals surface area contributed by atoms with E-state index in [1.807, 2.05) is 41.3 Å². The summed E-state index contributed by atoms with van der Waals surface area (Å²) in [7, 11) is -0.468. The predicted molar refractivity (Wildman–Crippen MR) is 181 cm³/mol. The van der Waals surface area contributed by atoms with Crippen LogP contribution in [0.1, 0.15) is 36.5 Å². The van der Waals surface area contributed by atoms with Gasteiger partial charge in [0.1, 0.15) is 12.4 Å².